The maximum Gasteiger partial charge on any atom is 0.490 e. The Balaban J connectivity index is 0.000000379. The van der Waals surface area contributed by atoms with Crippen molar-refractivity contribution in [1.82, 2.24) is 14.9 Å². The minimum absolute atomic E-state index is 0.109. The lowest BCUT2D eigenvalue weighted by Crippen LogP contribution is -2.25. The number of aromatic nitrogens is 2. The van der Waals surface area contributed by atoms with Gasteiger partial charge in [-0.15, -0.1) is 0 Å². The molecule has 2 fully saturated rings. The Morgan fingerprint density at radius 2 is 1.18 bits per heavy atom. The average molecular weight is 650 g/mol. The molecular weight excluding hydrogens is 627 g/mol. The van der Waals surface area contributed by atoms with Crippen LogP contribution in [-0.2, 0) is 25.7 Å². The molecule has 44 heavy (non-hydrogen) atoms. The van der Waals surface area contributed by atoms with E-state index in [9.17, 15) is 44.3 Å². The van der Waals surface area contributed by atoms with Crippen molar-refractivity contribution in [2.45, 2.75) is 31.5 Å². The number of nitrogens with zero attached hydrogens (tertiary/aromatic N) is 3. The van der Waals surface area contributed by atoms with Crippen LogP contribution in [0.4, 0.5) is 45.2 Å². The maximum absolute atomic E-state index is 12.1. The molecule has 2 aromatic rings. The number of alkyl halides is 9. The lowest BCUT2D eigenvalue weighted by molar-refractivity contribution is -0.193. The van der Waals surface area contributed by atoms with Crippen molar-refractivity contribution >= 4 is 29.5 Å². The predicted octanol–water partition coefficient (Wildman–Crippen LogP) is 4.08. The van der Waals surface area contributed by atoms with Crippen molar-refractivity contribution in [1.29, 1.82) is 0 Å². The van der Waals surface area contributed by atoms with Crippen LogP contribution in [0.1, 0.15) is 12.0 Å². The molecular formula is C24H23F9N4O7. The maximum atomic E-state index is 12.1. The van der Waals surface area contributed by atoms with E-state index in [4.69, 9.17) is 29.7 Å². The second-order valence-electron chi connectivity index (χ2n) is 8.94. The number of fused-ring (bicyclic) bond motifs is 1. The van der Waals surface area contributed by atoms with Gasteiger partial charge in [0.1, 0.15) is 0 Å². The number of pyridine rings is 2. The number of hydrogen-bond donors (Lipinski definition) is 4. The number of carboxylic acid groups (broad SMARTS) is 3. The Kier molecular flexibility index (Phi) is 13.5. The summed E-state index contributed by atoms with van der Waals surface area (Å²) in [6, 6.07) is 7.85. The zero-order chi connectivity index (χ0) is 33.9. The highest BCUT2D eigenvalue weighted by Gasteiger charge is 2.55. The van der Waals surface area contributed by atoms with Crippen LogP contribution in [0.5, 0.6) is 0 Å². The molecule has 0 bridgehead atoms. The van der Waals surface area contributed by atoms with E-state index in [-0.39, 0.29) is 5.91 Å². The van der Waals surface area contributed by atoms with E-state index in [0.717, 1.165) is 25.3 Å². The topological polar surface area (TPSA) is 170 Å². The first kappa shape index (κ1) is 37.5. The minimum atomic E-state index is -5.08. The van der Waals surface area contributed by atoms with Crippen molar-refractivity contribution in [3.8, 4) is 0 Å². The molecule has 20 heteroatoms. The van der Waals surface area contributed by atoms with E-state index in [1.807, 2.05) is 24.5 Å². The normalized spacial score (nSPS) is 18.9. The van der Waals surface area contributed by atoms with Crippen molar-refractivity contribution in [3.63, 3.8) is 0 Å². The summed E-state index contributed by atoms with van der Waals surface area (Å²) in [5.74, 6) is -6.22. The SMILES string of the molecule is O=C(CC1[C@H]2CN(Cc3ccncc3)C[C@@H]12)Nc1cccnc1.O=C(O)C(F)(F)F.O=C(O)C(F)(F)F.O=C(O)C(F)(F)F. The van der Waals surface area contributed by atoms with E-state index in [0.29, 0.717) is 24.2 Å². The first-order chi connectivity index (χ1) is 20.1. The fraction of sp³-hybridized carbons (Fsp3) is 0.417. The quantitative estimate of drug-likeness (QED) is 0.346. The van der Waals surface area contributed by atoms with Crippen LogP contribution >= 0.6 is 0 Å². The molecule has 4 rings (SSSR count). The van der Waals surface area contributed by atoms with E-state index in [2.05, 4.69) is 32.3 Å². The monoisotopic (exact) mass is 650 g/mol. The number of nitrogens with one attached hydrogen (secondary N) is 1. The van der Waals surface area contributed by atoms with Gasteiger partial charge in [-0.1, -0.05) is 0 Å². The molecule has 1 aliphatic carbocycles. The molecule has 1 amide bonds. The zero-order valence-corrected chi connectivity index (χ0v) is 21.9. The van der Waals surface area contributed by atoms with Gasteiger partial charge < -0.3 is 20.6 Å². The second-order valence-corrected chi connectivity index (χ2v) is 8.94. The molecule has 0 spiro atoms. The van der Waals surface area contributed by atoms with E-state index in [1.165, 1.54) is 5.56 Å². The summed E-state index contributed by atoms with van der Waals surface area (Å²) in [5.41, 5.74) is 2.09. The van der Waals surface area contributed by atoms with Crippen LogP contribution in [-0.4, -0.2) is 85.6 Å². The van der Waals surface area contributed by atoms with Gasteiger partial charge in [-0.2, -0.15) is 39.5 Å². The van der Waals surface area contributed by atoms with Crippen molar-refractivity contribution in [3.05, 3.63) is 54.6 Å². The fourth-order valence-electron chi connectivity index (χ4n) is 3.78. The highest BCUT2D eigenvalue weighted by Crippen LogP contribution is 2.53. The summed E-state index contributed by atoms with van der Waals surface area (Å²) >= 11 is 0. The molecule has 11 nitrogen and oxygen atoms in total. The molecule has 2 aliphatic rings. The third-order valence-corrected chi connectivity index (χ3v) is 5.70. The van der Waals surface area contributed by atoms with Gasteiger partial charge in [0.25, 0.3) is 0 Å². The Labute approximate surface area is 241 Å². The summed E-state index contributed by atoms with van der Waals surface area (Å²) in [6.45, 7) is 3.21. The second kappa shape index (κ2) is 15.8. The molecule has 1 unspecified atom stereocenters. The lowest BCUT2D eigenvalue weighted by atomic mass is 10.1. The number of anilines is 1. The molecule has 1 aliphatic heterocycles. The summed E-state index contributed by atoms with van der Waals surface area (Å²) in [6.07, 6.45) is -7.54. The largest absolute Gasteiger partial charge is 0.490 e. The third kappa shape index (κ3) is 14.1. The van der Waals surface area contributed by atoms with Crippen LogP contribution < -0.4 is 5.32 Å². The highest BCUT2D eigenvalue weighted by atomic mass is 19.4. The molecule has 0 aromatic carbocycles. The van der Waals surface area contributed by atoms with Gasteiger partial charge in [0.05, 0.1) is 11.9 Å². The predicted molar refractivity (Wildman–Crippen MR) is 129 cm³/mol. The molecule has 4 N–H and O–H groups in total. The van der Waals surface area contributed by atoms with Gasteiger partial charge in [0, 0.05) is 44.6 Å². The number of hydrogen-bond acceptors (Lipinski definition) is 7. The number of carboxylic acids is 3. The number of rotatable bonds is 5. The standard InChI is InChI=1S/C18H20N4O.3C2HF3O2/c23-18(21-14-2-1-5-20-9-14)8-15-16-11-22(12-17(15)16)10-13-3-6-19-7-4-13;3*3-2(4,5)1(6)7/h1-7,9,15-17H,8,10-12H2,(H,21,23);3*(H,6,7)/t15?,16-,17+;;;. The number of halogens is 9. The summed E-state index contributed by atoms with van der Waals surface area (Å²) < 4.78 is 95.2. The van der Waals surface area contributed by atoms with Gasteiger partial charge in [-0.05, 0) is 47.6 Å². The molecule has 1 saturated carbocycles. The first-order valence-electron chi connectivity index (χ1n) is 11.8. The number of aliphatic carboxylic acids is 3. The van der Waals surface area contributed by atoms with Gasteiger partial charge in [0.2, 0.25) is 5.91 Å². The average Bonchev–Trinajstić information content (AvgIpc) is 3.32. The number of piperidine rings is 1. The summed E-state index contributed by atoms with van der Waals surface area (Å²) in [7, 11) is 0. The van der Waals surface area contributed by atoms with Crippen molar-refractivity contribution in [2.24, 2.45) is 17.8 Å². The number of likely N-dealkylation sites (tertiary alicyclic amines) is 1. The Morgan fingerprint density at radius 1 is 0.750 bits per heavy atom. The van der Waals surface area contributed by atoms with E-state index >= 15 is 0 Å². The first-order valence-corrected chi connectivity index (χ1v) is 11.8. The molecule has 1 saturated heterocycles. The minimum Gasteiger partial charge on any atom is -0.475 e. The van der Waals surface area contributed by atoms with Gasteiger partial charge >= 0.3 is 36.4 Å². The van der Waals surface area contributed by atoms with Crippen LogP contribution in [0.3, 0.4) is 0 Å². The molecule has 3 heterocycles. The zero-order valence-electron chi connectivity index (χ0n) is 21.9. The fourth-order valence-corrected chi connectivity index (χ4v) is 3.78. The van der Waals surface area contributed by atoms with Crippen LogP contribution in [0.25, 0.3) is 0 Å². The molecule has 0 radical (unpaired) electrons. The third-order valence-electron chi connectivity index (χ3n) is 5.70. The lowest BCUT2D eigenvalue weighted by Gasteiger charge is -2.19. The Morgan fingerprint density at radius 3 is 1.55 bits per heavy atom. The summed E-state index contributed by atoms with van der Waals surface area (Å²) in [5, 5.41) is 24.3. The molecule has 2 aromatic heterocycles. The molecule has 244 valence electrons. The smallest absolute Gasteiger partial charge is 0.475 e. The van der Waals surface area contributed by atoms with E-state index in [1.54, 1.807) is 12.4 Å². The van der Waals surface area contributed by atoms with Crippen molar-refractivity contribution < 1.29 is 74.0 Å². The Bertz CT molecular complexity index is 1180. The van der Waals surface area contributed by atoms with Gasteiger partial charge in [-0.25, -0.2) is 14.4 Å². The number of carbonyl (C=O) groups excluding carboxylic acids is 1. The van der Waals surface area contributed by atoms with Crippen LogP contribution in [0.15, 0.2) is 49.1 Å². The van der Waals surface area contributed by atoms with Gasteiger partial charge in [-0.3, -0.25) is 19.7 Å². The molecule has 3 atom stereocenters. The van der Waals surface area contributed by atoms with Crippen molar-refractivity contribution in [2.75, 3.05) is 18.4 Å². The van der Waals surface area contributed by atoms with Gasteiger partial charge in [0.15, 0.2) is 0 Å². The summed E-state index contributed by atoms with van der Waals surface area (Å²) in [4.78, 5) is 49.4. The highest BCUT2D eigenvalue weighted by molar-refractivity contribution is 5.90. The van der Waals surface area contributed by atoms with E-state index < -0.39 is 36.4 Å². The van der Waals surface area contributed by atoms with Crippen LogP contribution in [0, 0.1) is 17.8 Å². The van der Waals surface area contributed by atoms with Crippen LogP contribution in [0.2, 0.25) is 0 Å². The Hall–Kier alpha value is -4.49. The number of carbonyl (C=O) groups is 4. The number of amides is 1.